The number of anilines is 1. The molecular weight excluding hydrogens is 460 g/mol. The lowest BCUT2D eigenvalue weighted by atomic mass is 10.2. The number of amides is 2. The summed E-state index contributed by atoms with van der Waals surface area (Å²) in [5.41, 5.74) is 7.18. The van der Waals surface area contributed by atoms with Gasteiger partial charge in [0.25, 0.3) is 0 Å². The van der Waals surface area contributed by atoms with Crippen LogP contribution >= 0.6 is 27.7 Å². The third-order valence-corrected chi connectivity index (χ3v) is 5.72. The van der Waals surface area contributed by atoms with Gasteiger partial charge in [0, 0.05) is 10.9 Å². The van der Waals surface area contributed by atoms with Gasteiger partial charge < -0.3 is 15.2 Å². The number of ether oxygens (including phenoxy) is 2. The zero-order chi connectivity index (χ0) is 20.4. The number of hydrogen-bond acceptors (Lipinski definition) is 7. The molecule has 1 saturated heterocycles. The Bertz CT molecular complexity index is 1030. The number of carbonyl (C=O) groups excluding carboxylic acids is 2. The van der Waals surface area contributed by atoms with Gasteiger partial charge in [-0.3, -0.25) is 9.59 Å². The zero-order valence-corrected chi connectivity index (χ0v) is 17.4. The second kappa shape index (κ2) is 8.26. The Morgan fingerprint density at radius 1 is 1.17 bits per heavy atom. The molecule has 2 aliphatic rings. The van der Waals surface area contributed by atoms with E-state index < -0.39 is 5.25 Å². The van der Waals surface area contributed by atoms with E-state index in [0.29, 0.717) is 17.2 Å². The molecule has 10 heteroatoms. The van der Waals surface area contributed by atoms with Gasteiger partial charge in [0.05, 0.1) is 11.9 Å². The normalized spacial score (nSPS) is 18.9. The van der Waals surface area contributed by atoms with E-state index in [1.807, 2.05) is 6.07 Å². The average molecular weight is 475 g/mol. The molecule has 2 aromatic carbocycles. The van der Waals surface area contributed by atoms with E-state index in [2.05, 4.69) is 26.1 Å². The van der Waals surface area contributed by atoms with Crippen LogP contribution in [-0.2, 0) is 9.59 Å². The van der Waals surface area contributed by atoms with Crippen LogP contribution < -0.4 is 20.1 Å². The summed E-state index contributed by atoms with van der Waals surface area (Å²) in [5.74, 6) is 0.732. The molecule has 0 saturated carbocycles. The number of rotatable bonds is 4. The van der Waals surface area contributed by atoms with Gasteiger partial charge in [0.1, 0.15) is 5.25 Å². The molecule has 2 heterocycles. The van der Waals surface area contributed by atoms with Crippen molar-refractivity contribution in [3.05, 3.63) is 52.5 Å². The predicted molar refractivity (Wildman–Crippen MR) is 114 cm³/mol. The Balaban J connectivity index is 1.40. The SMILES string of the molecule is N/C(=N\N=C\c1ccc2c(c1)OCO2)SC1CC(=O)N(c2ccc(Br)cc2)C1=O. The fourth-order valence-corrected chi connectivity index (χ4v) is 3.96. The van der Waals surface area contributed by atoms with Crippen molar-refractivity contribution in [2.45, 2.75) is 11.7 Å². The van der Waals surface area contributed by atoms with Gasteiger partial charge in [-0.05, 0) is 48.0 Å². The van der Waals surface area contributed by atoms with Crippen LogP contribution in [0.25, 0.3) is 0 Å². The molecule has 0 radical (unpaired) electrons. The molecule has 4 rings (SSSR count). The van der Waals surface area contributed by atoms with Gasteiger partial charge in [-0.15, -0.1) is 5.10 Å². The lowest BCUT2D eigenvalue weighted by Gasteiger charge is -2.14. The standard InChI is InChI=1S/C19H15BrN4O4S/c20-12-2-4-13(5-3-12)24-17(25)8-16(18(24)26)29-19(21)23-22-9-11-1-6-14-15(7-11)28-10-27-14/h1-7,9,16H,8,10H2,(H2,21,23)/b22-9+. The first kappa shape index (κ1) is 19.5. The van der Waals surface area contributed by atoms with Crippen LogP contribution in [0.3, 0.4) is 0 Å². The summed E-state index contributed by atoms with van der Waals surface area (Å²) >= 11 is 4.36. The van der Waals surface area contributed by atoms with Crippen LogP contribution in [-0.4, -0.2) is 35.2 Å². The molecule has 1 fully saturated rings. The highest BCUT2D eigenvalue weighted by Gasteiger charge is 2.40. The smallest absolute Gasteiger partial charge is 0.247 e. The van der Waals surface area contributed by atoms with E-state index in [4.69, 9.17) is 15.2 Å². The number of nitrogens with zero attached hydrogens (tertiary/aromatic N) is 3. The number of carbonyl (C=O) groups is 2. The highest BCUT2D eigenvalue weighted by molar-refractivity contribution is 9.10. The van der Waals surface area contributed by atoms with Crippen LogP contribution in [0.15, 0.2) is 57.1 Å². The second-order valence-electron chi connectivity index (χ2n) is 6.15. The Kier molecular flexibility index (Phi) is 5.54. The van der Waals surface area contributed by atoms with Crippen LogP contribution in [0, 0.1) is 0 Å². The summed E-state index contributed by atoms with van der Waals surface area (Å²) in [4.78, 5) is 26.1. The van der Waals surface area contributed by atoms with Gasteiger partial charge in [0.2, 0.25) is 18.6 Å². The number of amidine groups is 1. The van der Waals surface area contributed by atoms with Crippen molar-refractivity contribution in [2.24, 2.45) is 15.9 Å². The van der Waals surface area contributed by atoms with E-state index in [1.54, 1.807) is 36.4 Å². The van der Waals surface area contributed by atoms with Crippen molar-refractivity contribution >= 4 is 56.6 Å². The average Bonchev–Trinajstić information content (AvgIpc) is 3.27. The van der Waals surface area contributed by atoms with Crippen molar-refractivity contribution in [1.29, 1.82) is 0 Å². The molecule has 0 bridgehead atoms. The molecule has 0 aromatic heterocycles. The molecule has 2 N–H and O–H groups in total. The monoisotopic (exact) mass is 474 g/mol. The Hall–Kier alpha value is -2.85. The molecule has 1 unspecified atom stereocenters. The summed E-state index contributed by atoms with van der Waals surface area (Å²) in [6.07, 6.45) is 1.58. The molecule has 148 valence electrons. The molecule has 29 heavy (non-hydrogen) atoms. The molecule has 0 spiro atoms. The molecule has 2 amide bonds. The van der Waals surface area contributed by atoms with Crippen LogP contribution in [0.1, 0.15) is 12.0 Å². The minimum absolute atomic E-state index is 0.0572. The maximum absolute atomic E-state index is 12.6. The molecular formula is C19H15BrN4O4S. The third kappa shape index (κ3) is 4.28. The zero-order valence-electron chi connectivity index (χ0n) is 14.9. The number of fused-ring (bicyclic) bond motifs is 1. The largest absolute Gasteiger partial charge is 0.454 e. The van der Waals surface area contributed by atoms with Crippen LogP contribution in [0.5, 0.6) is 11.5 Å². The summed E-state index contributed by atoms with van der Waals surface area (Å²) in [6, 6.07) is 12.3. The van der Waals surface area contributed by atoms with E-state index in [0.717, 1.165) is 21.8 Å². The lowest BCUT2D eigenvalue weighted by Crippen LogP contribution is -2.31. The van der Waals surface area contributed by atoms with E-state index in [9.17, 15) is 9.59 Å². The van der Waals surface area contributed by atoms with Crippen LogP contribution in [0.2, 0.25) is 0 Å². The highest BCUT2D eigenvalue weighted by Crippen LogP contribution is 2.32. The van der Waals surface area contributed by atoms with Crippen LogP contribution in [0.4, 0.5) is 5.69 Å². The molecule has 2 aliphatic heterocycles. The first-order chi connectivity index (χ1) is 14.0. The highest BCUT2D eigenvalue weighted by atomic mass is 79.9. The topological polar surface area (TPSA) is 107 Å². The maximum Gasteiger partial charge on any atom is 0.247 e. The summed E-state index contributed by atoms with van der Waals surface area (Å²) < 4.78 is 11.4. The van der Waals surface area contributed by atoms with Crippen molar-refractivity contribution in [2.75, 3.05) is 11.7 Å². The van der Waals surface area contributed by atoms with Crippen molar-refractivity contribution in [1.82, 2.24) is 0 Å². The van der Waals surface area contributed by atoms with E-state index in [1.165, 1.54) is 11.1 Å². The predicted octanol–water partition coefficient (Wildman–Crippen LogP) is 2.89. The molecule has 0 aliphatic carbocycles. The molecule has 8 nitrogen and oxygen atoms in total. The van der Waals surface area contributed by atoms with Gasteiger partial charge in [-0.2, -0.15) is 5.10 Å². The van der Waals surface area contributed by atoms with Gasteiger partial charge in [-0.25, -0.2) is 4.90 Å². The Morgan fingerprint density at radius 3 is 2.72 bits per heavy atom. The van der Waals surface area contributed by atoms with Gasteiger partial charge in [-0.1, -0.05) is 27.7 Å². The second-order valence-corrected chi connectivity index (χ2v) is 8.29. The number of nitrogens with two attached hydrogens (primary N) is 1. The number of benzene rings is 2. The Morgan fingerprint density at radius 2 is 1.93 bits per heavy atom. The fourth-order valence-electron chi connectivity index (χ4n) is 2.87. The first-order valence-corrected chi connectivity index (χ1v) is 10.2. The minimum atomic E-state index is -0.629. The van der Waals surface area contributed by atoms with Crippen molar-refractivity contribution in [3.8, 4) is 11.5 Å². The fraction of sp³-hybridized carbons (Fsp3) is 0.158. The van der Waals surface area contributed by atoms with Gasteiger partial charge >= 0.3 is 0 Å². The summed E-state index contributed by atoms with van der Waals surface area (Å²) in [6.45, 7) is 0.198. The van der Waals surface area contributed by atoms with Gasteiger partial charge in [0.15, 0.2) is 16.7 Å². The van der Waals surface area contributed by atoms with E-state index >= 15 is 0 Å². The quantitative estimate of drug-likeness (QED) is 0.316. The Labute approximate surface area is 178 Å². The maximum atomic E-state index is 12.6. The minimum Gasteiger partial charge on any atom is -0.454 e. The number of hydrogen-bond donors (Lipinski definition) is 1. The number of halogens is 1. The first-order valence-electron chi connectivity index (χ1n) is 8.56. The molecule has 2 aromatic rings. The third-order valence-electron chi connectivity index (χ3n) is 4.21. The van der Waals surface area contributed by atoms with Crippen molar-refractivity contribution < 1.29 is 19.1 Å². The number of imide groups is 1. The summed E-state index contributed by atoms with van der Waals surface area (Å²) in [7, 11) is 0. The van der Waals surface area contributed by atoms with Crippen molar-refractivity contribution in [3.63, 3.8) is 0 Å². The lowest BCUT2D eigenvalue weighted by molar-refractivity contribution is -0.121. The van der Waals surface area contributed by atoms with E-state index in [-0.39, 0.29) is 30.2 Å². The molecule has 1 atom stereocenters. The number of thioether (sulfide) groups is 1. The summed E-state index contributed by atoms with van der Waals surface area (Å²) in [5, 5.41) is 7.33.